The molecule has 21 heteroatoms. The Morgan fingerprint density at radius 2 is 1.75 bits per heavy atom. The first kappa shape index (κ1) is 57.6. The molecule has 2 bridgehead atoms. The summed E-state index contributed by atoms with van der Waals surface area (Å²) in [6.45, 7) is 9.32. The number of carbonyl (C=O) groups excluding carboxylic acids is 5. The molecule has 436 valence electrons. The fourth-order valence-electron chi connectivity index (χ4n) is 15.5. The number of fused-ring (bicyclic) bond motifs is 7. The van der Waals surface area contributed by atoms with Crippen LogP contribution in [0.4, 0.5) is 5.69 Å². The van der Waals surface area contributed by atoms with Crippen LogP contribution in [0.1, 0.15) is 114 Å². The van der Waals surface area contributed by atoms with Crippen LogP contribution in [0.25, 0.3) is 10.9 Å². The maximum Gasteiger partial charge on any atom is 0.328 e. The zero-order valence-corrected chi connectivity index (χ0v) is 46.9. The maximum atomic E-state index is 15.6. The van der Waals surface area contributed by atoms with Gasteiger partial charge >= 0.3 is 17.9 Å². The van der Waals surface area contributed by atoms with Crippen molar-refractivity contribution in [3.8, 4) is 5.75 Å². The molecule has 2 amide bonds. The van der Waals surface area contributed by atoms with Gasteiger partial charge in [-0.05, 0) is 94.0 Å². The van der Waals surface area contributed by atoms with Gasteiger partial charge < -0.3 is 59.5 Å². The Morgan fingerprint density at radius 1 is 0.963 bits per heavy atom. The van der Waals surface area contributed by atoms with Crippen molar-refractivity contribution in [1.82, 2.24) is 25.1 Å². The first-order chi connectivity index (χ1) is 38.3. The number of H-pyrrole nitrogens is 1. The lowest BCUT2D eigenvalue weighted by atomic mass is 9.48. The van der Waals surface area contributed by atoms with Gasteiger partial charge in [-0.3, -0.25) is 39.0 Å². The average molecular weight is 1110 g/mol. The lowest BCUT2D eigenvalue weighted by Crippen LogP contribution is -2.78. The number of amides is 2. The van der Waals surface area contributed by atoms with Crippen molar-refractivity contribution >= 4 is 46.3 Å². The van der Waals surface area contributed by atoms with Crippen LogP contribution >= 0.6 is 0 Å². The highest BCUT2D eigenvalue weighted by Gasteiger charge is 2.83. The zero-order valence-electron chi connectivity index (χ0n) is 46.9. The molecular weight excluding hydrogens is 1030 g/mol. The van der Waals surface area contributed by atoms with E-state index >= 15 is 9.59 Å². The first-order valence-corrected chi connectivity index (χ1v) is 28.7. The predicted molar refractivity (Wildman–Crippen MR) is 291 cm³/mol. The van der Waals surface area contributed by atoms with Gasteiger partial charge in [0.25, 0.3) is 5.91 Å². The zero-order chi connectivity index (χ0) is 57.1. The molecular formula is C59H80N6O15. The number of methoxy groups -OCH3 is 2. The van der Waals surface area contributed by atoms with E-state index in [1.165, 1.54) is 19.0 Å². The molecule has 1 saturated carbocycles. The third kappa shape index (κ3) is 9.18. The van der Waals surface area contributed by atoms with Crippen LogP contribution in [-0.2, 0) is 60.2 Å². The van der Waals surface area contributed by atoms with E-state index in [1.807, 2.05) is 55.3 Å². The molecule has 13 atom stereocenters. The maximum absolute atomic E-state index is 15.6. The minimum atomic E-state index is -2.32. The summed E-state index contributed by atoms with van der Waals surface area (Å²) >= 11 is 0. The third-order valence-corrected chi connectivity index (χ3v) is 19.1. The molecule has 2 aromatic carbocycles. The molecule has 3 saturated heterocycles. The van der Waals surface area contributed by atoms with Gasteiger partial charge in [0.2, 0.25) is 5.91 Å². The van der Waals surface area contributed by atoms with E-state index < -0.39 is 94.4 Å². The summed E-state index contributed by atoms with van der Waals surface area (Å²) in [5.41, 5.74) is -2.40. The minimum Gasteiger partial charge on any atom is -0.496 e. The molecule has 7 unspecified atom stereocenters. The fraction of sp³-hybridized carbons (Fsp3) is 0.644. The van der Waals surface area contributed by atoms with E-state index in [-0.39, 0.29) is 63.8 Å². The van der Waals surface area contributed by atoms with E-state index in [0.717, 1.165) is 22.0 Å². The fourth-order valence-corrected chi connectivity index (χ4v) is 15.5. The van der Waals surface area contributed by atoms with Gasteiger partial charge in [-0.15, -0.1) is 0 Å². The Bertz CT molecular complexity index is 2890. The number of aromatic nitrogens is 1. The van der Waals surface area contributed by atoms with Gasteiger partial charge in [-0.2, -0.15) is 0 Å². The molecule has 7 heterocycles. The highest BCUT2D eigenvalue weighted by molar-refractivity contribution is 5.98. The highest BCUT2D eigenvalue weighted by atomic mass is 16.6. The molecule has 0 radical (unpaired) electrons. The topological polar surface area (TPSA) is 273 Å². The molecule has 7 N–H and O–H groups in total. The molecule has 1 aliphatic carbocycles. The number of carbonyl (C=O) groups is 5. The van der Waals surface area contributed by atoms with Crippen LogP contribution in [0.15, 0.2) is 48.6 Å². The summed E-state index contributed by atoms with van der Waals surface area (Å²) in [4.78, 5) is 77.7. The van der Waals surface area contributed by atoms with Gasteiger partial charge in [-0.1, -0.05) is 51.1 Å². The lowest BCUT2D eigenvalue weighted by Gasteiger charge is -2.61. The number of benzene rings is 2. The highest BCUT2D eigenvalue weighted by Crippen LogP contribution is 2.70. The number of nitrogens with zero attached hydrogens (tertiary/aromatic N) is 4. The predicted octanol–water partition coefficient (Wildman–Crippen LogP) is 2.63. The van der Waals surface area contributed by atoms with Crippen molar-refractivity contribution in [2.45, 2.75) is 157 Å². The number of para-hydroxylation sites is 1. The second-order valence-electron chi connectivity index (χ2n) is 23.4. The van der Waals surface area contributed by atoms with Crippen molar-refractivity contribution in [1.29, 1.82) is 0 Å². The van der Waals surface area contributed by atoms with E-state index in [0.29, 0.717) is 93.9 Å². The molecule has 1 spiro atoms. The molecule has 1 aromatic heterocycles. The Kier molecular flexibility index (Phi) is 16.0. The number of ether oxygens (including phenoxy) is 5. The van der Waals surface area contributed by atoms with E-state index in [1.54, 1.807) is 14.0 Å². The second kappa shape index (κ2) is 22.3. The number of aliphatic hydroxyl groups excluding tert-OH is 3. The minimum absolute atomic E-state index is 0.0375. The summed E-state index contributed by atoms with van der Waals surface area (Å²) in [6, 6.07) is 9.54. The quantitative estimate of drug-likeness (QED) is 0.0266. The van der Waals surface area contributed by atoms with E-state index in [9.17, 15) is 39.9 Å². The average Bonchev–Trinajstić information content (AvgIpc) is 2.11. The number of piperidine rings is 1. The summed E-state index contributed by atoms with van der Waals surface area (Å²) in [6.07, 6.45) is 3.69. The molecule has 21 nitrogen and oxygen atoms in total. The summed E-state index contributed by atoms with van der Waals surface area (Å²) in [5, 5.41) is 64.5. The van der Waals surface area contributed by atoms with Gasteiger partial charge in [-0.25, -0.2) is 4.79 Å². The van der Waals surface area contributed by atoms with Gasteiger partial charge in [0, 0.05) is 97.1 Å². The van der Waals surface area contributed by atoms with Gasteiger partial charge in [0.05, 0.1) is 44.8 Å². The van der Waals surface area contributed by atoms with E-state index in [4.69, 9.17) is 23.7 Å². The number of aromatic amines is 1. The molecule has 3 aromatic rings. The SMILES string of the molecule is CCC(CO)OC(O)COC(=O)CCCC(=O)NC(C)C(=O)OCCCN1C(=O)[C@]2(O)C3N1c1cc(OC)c([C@@]4(C(=O)OC)C[C@@H]5CN(CCc6c4[nH]c4ccccc64)CC(O)(CC)C5)cc1[C@@]31CCN3CC=C[C@](CC)(C31)[C@H]2O. The van der Waals surface area contributed by atoms with Crippen molar-refractivity contribution in [2.75, 3.05) is 78.3 Å². The third-order valence-electron chi connectivity index (χ3n) is 19.1. The van der Waals surface area contributed by atoms with Crippen molar-refractivity contribution in [3.05, 3.63) is 70.9 Å². The van der Waals surface area contributed by atoms with Crippen LogP contribution in [0.5, 0.6) is 5.75 Å². The number of anilines is 1. The van der Waals surface area contributed by atoms with Crippen LogP contribution in [-0.4, -0.2) is 196 Å². The van der Waals surface area contributed by atoms with Crippen LogP contribution in [0.3, 0.4) is 0 Å². The smallest absolute Gasteiger partial charge is 0.328 e. The van der Waals surface area contributed by atoms with E-state index in [2.05, 4.69) is 32.2 Å². The largest absolute Gasteiger partial charge is 0.496 e. The summed E-state index contributed by atoms with van der Waals surface area (Å²) in [7, 11) is 2.96. The van der Waals surface area contributed by atoms with Crippen LogP contribution in [0.2, 0.25) is 0 Å². The Morgan fingerprint density at radius 3 is 2.48 bits per heavy atom. The van der Waals surface area contributed by atoms with Crippen LogP contribution < -0.4 is 15.1 Å². The summed E-state index contributed by atoms with van der Waals surface area (Å²) < 4.78 is 28.3. The van der Waals surface area contributed by atoms with Crippen molar-refractivity contribution < 1.29 is 73.2 Å². The van der Waals surface area contributed by atoms with Crippen LogP contribution in [0, 0.1) is 11.3 Å². The molecule has 6 aliphatic heterocycles. The summed E-state index contributed by atoms with van der Waals surface area (Å²) in [5.74, 6) is -2.88. The monoisotopic (exact) mass is 1110 g/mol. The number of hydrazine groups is 1. The Balaban J connectivity index is 0.960. The number of rotatable bonds is 21. The van der Waals surface area contributed by atoms with Crippen molar-refractivity contribution in [3.63, 3.8) is 0 Å². The standard InChI is InChI=1S/C59H80N6O15/c1-7-37(32-66)80-47(69)33-79-46(68)18-12-17-45(67)60-35(4)49(70)78-26-14-23-64-53(72)59(75)51-57(21-25-63-22-13-20-56(9-3,50(57)63)52(59)71)40-27-41(44(76-5)28-43(40)65(51)64)58(54(73)77-6)30-36-29-55(74,8-2)34-62(31-36)24-19-39-38-15-10-11-16-42(38)61-48(39)58/h10-11,13,15-16,20,27-28,35-37,47,50-52,61,66,69,71,74-75H,7-9,12,14,17-19,21-26,29-34H2,1-6H3,(H,60,67)/t35?,36-,37?,47?,50?,51?,52-,55?,56-,57-,58+,59+/m1/s1. The number of nitrogens with one attached hydrogen (secondary N) is 2. The second-order valence-corrected chi connectivity index (χ2v) is 23.4. The number of hydrogen-bond acceptors (Lipinski definition) is 18. The molecule has 80 heavy (non-hydrogen) atoms. The Labute approximate surface area is 466 Å². The number of hydrogen-bond donors (Lipinski definition) is 7. The normalized spacial score (nSPS) is 32.1. The molecule has 4 fully saturated rings. The Hall–Kier alpha value is -5.65. The van der Waals surface area contributed by atoms with Crippen molar-refractivity contribution in [2.24, 2.45) is 11.3 Å². The number of esters is 3. The van der Waals surface area contributed by atoms with Gasteiger partial charge in [0.1, 0.15) is 36.0 Å². The van der Waals surface area contributed by atoms with Gasteiger partial charge in [0.15, 0.2) is 11.9 Å². The lowest BCUT2D eigenvalue weighted by molar-refractivity contribution is -0.195. The number of aliphatic hydroxyl groups is 5. The molecule has 10 rings (SSSR count). The first-order valence-electron chi connectivity index (χ1n) is 28.7. The molecule has 7 aliphatic rings.